The molecule has 0 amide bonds. The fourth-order valence-electron chi connectivity index (χ4n) is 6.58. The molecule has 2 spiro atoms. The van der Waals surface area contributed by atoms with Crippen LogP contribution < -0.4 is 4.74 Å². The standard InChI is InChI=1S/C20H22N2O3/c1-22-7-6-19-14-4-5-20(23-8-9-24-20)18(19)25-17-13(11-21)3-2-12(16(17)19)10-15(14)22/h2-3,14-15,18H,4-10H2,1H3/t14-,15+,18+,19-/m0/s1. The van der Waals surface area contributed by atoms with Gasteiger partial charge in [-0.2, -0.15) is 5.26 Å². The van der Waals surface area contributed by atoms with E-state index >= 15 is 0 Å². The molecule has 0 unspecified atom stereocenters. The lowest BCUT2D eigenvalue weighted by Gasteiger charge is -2.60. The number of likely N-dealkylation sites (N-methyl/N-ethyl adjacent to an activating group) is 1. The second-order valence-electron chi connectivity index (χ2n) is 8.28. The lowest BCUT2D eigenvalue weighted by atomic mass is 9.50. The number of fused-ring (bicyclic) bond motifs is 1. The van der Waals surface area contributed by atoms with E-state index in [0.717, 1.165) is 38.0 Å². The molecule has 1 saturated carbocycles. The van der Waals surface area contributed by atoms with Gasteiger partial charge in [0.2, 0.25) is 5.79 Å². The van der Waals surface area contributed by atoms with Crippen molar-refractivity contribution in [2.45, 2.75) is 49.0 Å². The van der Waals surface area contributed by atoms with Gasteiger partial charge < -0.3 is 19.1 Å². The first-order valence-corrected chi connectivity index (χ1v) is 9.41. The van der Waals surface area contributed by atoms with E-state index in [9.17, 15) is 5.26 Å². The zero-order chi connectivity index (χ0) is 16.8. The summed E-state index contributed by atoms with van der Waals surface area (Å²) in [4.78, 5) is 2.53. The number of ether oxygens (including phenoxy) is 3. The van der Waals surface area contributed by atoms with Gasteiger partial charge in [-0.25, -0.2) is 0 Å². The smallest absolute Gasteiger partial charge is 0.206 e. The summed E-state index contributed by atoms with van der Waals surface area (Å²) in [6, 6.07) is 6.98. The number of likely N-dealkylation sites (tertiary alicyclic amines) is 1. The van der Waals surface area contributed by atoms with Gasteiger partial charge in [-0.3, -0.25) is 0 Å². The number of benzene rings is 1. The Morgan fingerprint density at radius 1 is 1.24 bits per heavy atom. The molecule has 2 bridgehead atoms. The highest BCUT2D eigenvalue weighted by molar-refractivity contribution is 5.61. The average Bonchev–Trinajstić information content (AvgIpc) is 3.23. The fourth-order valence-corrected chi connectivity index (χ4v) is 6.58. The Labute approximate surface area is 147 Å². The predicted molar refractivity (Wildman–Crippen MR) is 89.3 cm³/mol. The molecule has 130 valence electrons. The van der Waals surface area contributed by atoms with E-state index in [4.69, 9.17) is 14.2 Å². The summed E-state index contributed by atoms with van der Waals surface area (Å²) in [6.45, 7) is 2.34. The SMILES string of the molecule is CN1CC[C@]23c4c5ccc(C#N)c4O[C@H]2C2(CC[C@H]3[C@H]1C5)OCCO2. The quantitative estimate of drug-likeness (QED) is 0.724. The molecule has 2 aliphatic carbocycles. The number of nitrogens with zero attached hydrogens (tertiary/aromatic N) is 2. The van der Waals surface area contributed by atoms with E-state index in [2.05, 4.69) is 24.1 Å². The number of rotatable bonds is 0. The van der Waals surface area contributed by atoms with Gasteiger partial charge in [-0.05, 0) is 50.4 Å². The van der Waals surface area contributed by atoms with Gasteiger partial charge in [-0.15, -0.1) is 0 Å². The van der Waals surface area contributed by atoms with Gasteiger partial charge in [-0.1, -0.05) is 6.07 Å². The summed E-state index contributed by atoms with van der Waals surface area (Å²) >= 11 is 0. The van der Waals surface area contributed by atoms with Crippen LogP contribution in [0.5, 0.6) is 5.75 Å². The van der Waals surface area contributed by atoms with Crippen LogP contribution in [-0.2, 0) is 21.3 Å². The molecule has 5 heteroatoms. The van der Waals surface area contributed by atoms with Crippen LogP contribution in [0.25, 0.3) is 0 Å². The topological polar surface area (TPSA) is 54.7 Å². The molecular weight excluding hydrogens is 316 g/mol. The minimum Gasteiger partial charge on any atom is -0.482 e. The summed E-state index contributed by atoms with van der Waals surface area (Å²) < 4.78 is 18.9. The highest BCUT2D eigenvalue weighted by Gasteiger charge is 2.71. The first-order valence-electron chi connectivity index (χ1n) is 9.41. The molecule has 1 aromatic rings. The van der Waals surface area contributed by atoms with Gasteiger partial charge >= 0.3 is 0 Å². The van der Waals surface area contributed by atoms with Crippen molar-refractivity contribution >= 4 is 0 Å². The van der Waals surface area contributed by atoms with Crippen LogP contribution in [0, 0.1) is 17.2 Å². The van der Waals surface area contributed by atoms with Crippen molar-refractivity contribution in [1.29, 1.82) is 5.26 Å². The van der Waals surface area contributed by atoms with Crippen molar-refractivity contribution in [2.24, 2.45) is 5.92 Å². The fraction of sp³-hybridized carbons (Fsp3) is 0.650. The molecule has 5 aliphatic rings. The Kier molecular flexibility index (Phi) is 2.65. The number of nitriles is 1. The first kappa shape index (κ1) is 14.5. The lowest BCUT2D eigenvalue weighted by molar-refractivity contribution is -0.260. The molecular formula is C20H22N2O3. The maximum Gasteiger partial charge on any atom is 0.206 e. The highest BCUT2D eigenvalue weighted by atomic mass is 16.8. The van der Waals surface area contributed by atoms with Gasteiger partial charge in [0.1, 0.15) is 11.8 Å². The van der Waals surface area contributed by atoms with Crippen LogP contribution >= 0.6 is 0 Å². The van der Waals surface area contributed by atoms with E-state index in [1.165, 1.54) is 11.1 Å². The van der Waals surface area contributed by atoms with Crippen molar-refractivity contribution < 1.29 is 14.2 Å². The van der Waals surface area contributed by atoms with Crippen molar-refractivity contribution in [1.82, 2.24) is 4.90 Å². The summed E-state index contributed by atoms with van der Waals surface area (Å²) in [5.41, 5.74) is 3.27. The Morgan fingerprint density at radius 3 is 2.88 bits per heavy atom. The number of hydrogen-bond acceptors (Lipinski definition) is 5. The zero-order valence-electron chi connectivity index (χ0n) is 14.5. The van der Waals surface area contributed by atoms with E-state index in [1.54, 1.807) is 0 Å². The molecule has 3 fully saturated rings. The van der Waals surface area contributed by atoms with Crippen LogP contribution in [0.2, 0.25) is 0 Å². The van der Waals surface area contributed by atoms with E-state index in [-0.39, 0.29) is 11.5 Å². The lowest BCUT2D eigenvalue weighted by Crippen LogP contribution is -2.69. The van der Waals surface area contributed by atoms with Crippen molar-refractivity contribution in [3.05, 3.63) is 28.8 Å². The third-order valence-corrected chi connectivity index (χ3v) is 7.51. The van der Waals surface area contributed by atoms with Gasteiger partial charge in [0.15, 0.2) is 6.10 Å². The van der Waals surface area contributed by atoms with E-state index < -0.39 is 5.79 Å². The molecule has 3 heterocycles. The summed E-state index contributed by atoms with van der Waals surface area (Å²) in [6.07, 6.45) is 3.98. The second kappa shape index (κ2) is 4.56. The summed E-state index contributed by atoms with van der Waals surface area (Å²) in [7, 11) is 2.25. The molecule has 4 atom stereocenters. The van der Waals surface area contributed by atoms with Crippen molar-refractivity contribution in [3.8, 4) is 11.8 Å². The maximum absolute atomic E-state index is 9.63. The Balaban J connectivity index is 1.64. The molecule has 2 saturated heterocycles. The van der Waals surface area contributed by atoms with Gasteiger partial charge in [0.25, 0.3) is 0 Å². The molecule has 1 aromatic carbocycles. The van der Waals surface area contributed by atoms with Crippen molar-refractivity contribution in [2.75, 3.05) is 26.8 Å². The summed E-state index contributed by atoms with van der Waals surface area (Å²) in [5.74, 6) is 0.743. The average molecular weight is 338 g/mol. The predicted octanol–water partition coefficient (Wildman–Crippen LogP) is 1.97. The van der Waals surface area contributed by atoms with Crippen LogP contribution in [0.3, 0.4) is 0 Å². The van der Waals surface area contributed by atoms with Crippen molar-refractivity contribution in [3.63, 3.8) is 0 Å². The van der Waals surface area contributed by atoms with Gasteiger partial charge in [0.05, 0.1) is 18.8 Å². The number of piperidine rings is 1. The normalized spacial score (nSPS) is 39.8. The highest BCUT2D eigenvalue weighted by Crippen LogP contribution is 2.65. The Bertz CT molecular complexity index is 810. The third kappa shape index (κ3) is 1.51. The molecule has 0 radical (unpaired) electrons. The minimum atomic E-state index is -0.628. The van der Waals surface area contributed by atoms with Gasteiger partial charge in [0, 0.05) is 23.4 Å². The van der Waals surface area contributed by atoms with Crippen LogP contribution in [0.1, 0.15) is 36.0 Å². The van der Waals surface area contributed by atoms with E-state index in [1.807, 2.05) is 6.07 Å². The summed E-state index contributed by atoms with van der Waals surface area (Å²) in [5, 5.41) is 9.63. The first-order chi connectivity index (χ1) is 12.2. The Morgan fingerprint density at radius 2 is 2.08 bits per heavy atom. The van der Waals surface area contributed by atoms with Crippen LogP contribution in [0.15, 0.2) is 12.1 Å². The van der Waals surface area contributed by atoms with Crippen LogP contribution in [-0.4, -0.2) is 49.6 Å². The molecule has 25 heavy (non-hydrogen) atoms. The van der Waals surface area contributed by atoms with E-state index in [0.29, 0.717) is 30.7 Å². The monoisotopic (exact) mass is 338 g/mol. The molecule has 0 N–H and O–H groups in total. The molecule has 5 nitrogen and oxygen atoms in total. The molecule has 6 rings (SSSR count). The second-order valence-corrected chi connectivity index (χ2v) is 8.28. The molecule has 3 aliphatic heterocycles. The largest absolute Gasteiger partial charge is 0.482 e. The third-order valence-electron chi connectivity index (χ3n) is 7.51. The maximum atomic E-state index is 9.63. The minimum absolute atomic E-state index is 0.0600. The zero-order valence-corrected chi connectivity index (χ0v) is 14.5. The number of hydrogen-bond donors (Lipinski definition) is 0. The molecule has 0 aromatic heterocycles. The van der Waals surface area contributed by atoms with Crippen LogP contribution in [0.4, 0.5) is 0 Å². The Hall–Kier alpha value is -1.61.